The first kappa shape index (κ1) is 16.3. The molecule has 0 radical (unpaired) electrons. The molecule has 3 heteroatoms. The smallest absolute Gasteiger partial charge is 0.255 e. The summed E-state index contributed by atoms with van der Waals surface area (Å²) in [7, 11) is 0. The van der Waals surface area contributed by atoms with Gasteiger partial charge >= 0.3 is 0 Å². The number of aromatic amines is 1. The van der Waals surface area contributed by atoms with Crippen LogP contribution in [0.4, 0.5) is 5.69 Å². The molecule has 2 N–H and O–H groups in total. The summed E-state index contributed by atoms with van der Waals surface area (Å²) in [6, 6.07) is 31.9. The van der Waals surface area contributed by atoms with Crippen molar-refractivity contribution in [3.05, 3.63) is 103 Å². The maximum Gasteiger partial charge on any atom is 0.255 e. The van der Waals surface area contributed by atoms with Crippen molar-refractivity contribution in [2.24, 2.45) is 0 Å². The lowest BCUT2D eigenvalue weighted by molar-refractivity contribution is 0.102. The number of H-pyrrole nitrogens is 1. The van der Waals surface area contributed by atoms with Gasteiger partial charge in [0.2, 0.25) is 0 Å². The van der Waals surface area contributed by atoms with Gasteiger partial charge in [0, 0.05) is 33.1 Å². The van der Waals surface area contributed by atoms with Crippen molar-refractivity contribution in [3.63, 3.8) is 0 Å². The van der Waals surface area contributed by atoms with Crippen molar-refractivity contribution in [1.29, 1.82) is 0 Å². The first-order valence-electron chi connectivity index (χ1n) is 9.25. The van der Waals surface area contributed by atoms with E-state index in [9.17, 15) is 4.79 Å². The van der Waals surface area contributed by atoms with E-state index in [1.54, 1.807) is 0 Å². The number of para-hydroxylation sites is 1. The molecule has 1 amide bonds. The molecular weight excluding hydrogens is 344 g/mol. The van der Waals surface area contributed by atoms with E-state index in [4.69, 9.17) is 0 Å². The van der Waals surface area contributed by atoms with Crippen molar-refractivity contribution in [1.82, 2.24) is 4.98 Å². The fourth-order valence-electron chi connectivity index (χ4n) is 3.57. The third-order valence-corrected chi connectivity index (χ3v) is 5.02. The Morgan fingerprint density at radius 3 is 2.14 bits per heavy atom. The molecule has 4 aromatic carbocycles. The highest BCUT2D eigenvalue weighted by atomic mass is 16.1. The van der Waals surface area contributed by atoms with Gasteiger partial charge in [-0.25, -0.2) is 0 Å². The number of aromatic nitrogens is 1. The number of fused-ring (bicyclic) bond motifs is 3. The van der Waals surface area contributed by atoms with E-state index in [1.807, 2.05) is 72.8 Å². The molecule has 0 aliphatic rings. The van der Waals surface area contributed by atoms with Crippen LogP contribution in [0.1, 0.15) is 10.4 Å². The predicted octanol–water partition coefficient (Wildman–Crippen LogP) is 6.24. The molecule has 0 saturated heterocycles. The van der Waals surface area contributed by atoms with E-state index in [0.717, 1.165) is 38.6 Å². The molecule has 0 unspecified atom stereocenters. The average Bonchev–Trinajstić information content (AvgIpc) is 3.12. The Labute approximate surface area is 162 Å². The van der Waals surface area contributed by atoms with Crippen LogP contribution in [0, 0.1) is 0 Å². The molecule has 1 heterocycles. The van der Waals surface area contributed by atoms with Gasteiger partial charge in [0.05, 0.1) is 0 Å². The zero-order valence-electron chi connectivity index (χ0n) is 15.1. The van der Waals surface area contributed by atoms with Crippen molar-refractivity contribution in [2.75, 3.05) is 5.32 Å². The van der Waals surface area contributed by atoms with E-state index in [-0.39, 0.29) is 5.91 Å². The number of nitrogens with one attached hydrogen (secondary N) is 2. The topological polar surface area (TPSA) is 44.9 Å². The number of hydrogen-bond acceptors (Lipinski definition) is 1. The Morgan fingerprint density at radius 1 is 0.643 bits per heavy atom. The first-order chi connectivity index (χ1) is 13.8. The number of carbonyl (C=O) groups excluding carboxylic acids is 1. The van der Waals surface area contributed by atoms with Crippen LogP contribution < -0.4 is 5.32 Å². The Hall–Kier alpha value is -3.85. The SMILES string of the molecule is O=C(Nc1ccc2[nH]c3ccccc3c2c1)c1ccc(-c2ccccc2)cc1. The van der Waals surface area contributed by atoms with Crippen LogP contribution in [0.3, 0.4) is 0 Å². The van der Waals surface area contributed by atoms with Crippen LogP contribution >= 0.6 is 0 Å². The zero-order valence-corrected chi connectivity index (χ0v) is 15.1. The van der Waals surface area contributed by atoms with Crippen LogP contribution in [0.5, 0.6) is 0 Å². The summed E-state index contributed by atoms with van der Waals surface area (Å²) in [6.07, 6.45) is 0. The minimum absolute atomic E-state index is 0.112. The summed E-state index contributed by atoms with van der Waals surface area (Å²) < 4.78 is 0. The fourth-order valence-corrected chi connectivity index (χ4v) is 3.57. The van der Waals surface area contributed by atoms with Gasteiger partial charge in [-0.1, -0.05) is 60.7 Å². The molecule has 0 fully saturated rings. The number of rotatable bonds is 3. The van der Waals surface area contributed by atoms with Crippen LogP contribution in [-0.4, -0.2) is 10.9 Å². The van der Waals surface area contributed by atoms with Gasteiger partial charge in [-0.05, 0) is 47.5 Å². The number of hydrogen-bond donors (Lipinski definition) is 2. The second-order valence-electron chi connectivity index (χ2n) is 6.83. The van der Waals surface area contributed by atoms with Gasteiger partial charge in [-0.2, -0.15) is 0 Å². The maximum atomic E-state index is 12.7. The second-order valence-corrected chi connectivity index (χ2v) is 6.83. The van der Waals surface area contributed by atoms with Crippen LogP contribution in [0.2, 0.25) is 0 Å². The summed E-state index contributed by atoms with van der Waals surface area (Å²) in [5.74, 6) is -0.112. The van der Waals surface area contributed by atoms with Crippen LogP contribution in [0.25, 0.3) is 32.9 Å². The molecule has 5 rings (SSSR count). The quantitative estimate of drug-likeness (QED) is 0.392. The third-order valence-electron chi connectivity index (χ3n) is 5.02. The molecule has 134 valence electrons. The molecule has 0 aliphatic heterocycles. The molecule has 0 bridgehead atoms. The number of carbonyl (C=O) groups is 1. The third kappa shape index (κ3) is 2.93. The minimum Gasteiger partial charge on any atom is -0.355 e. The molecule has 28 heavy (non-hydrogen) atoms. The largest absolute Gasteiger partial charge is 0.355 e. The number of anilines is 1. The molecule has 1 aromatic heterocycles. The highest BCUT2D eigenvalue weighted by molar-refractivity contribution is 6.10. The van der Waals surface area contributed by atoms with Crippen LogP contribution in [0.15, 0.2) is 97.1 Å². The van der Waals surface area contributed by atoms with Gasteiger partial charge in [0.25, 0.3) is 5.91 Å². The summed E-state index contributed by atoms with van der Waals surface area (Å²) in [6.45, 7) is 0. The van der Waals surface area contributed by atoms with E-state index < -0.39 is 0 Å². The zero-order chi connectivity index (χ0) is 18.9. The Bertz CT molecular complexity index is 1280. The van der Waals surface area contributed by atoms with Crippen LogP contribution in [-0.2, 0) is 0 Å². The summed E-state index contributed by atoms with van der Waals surface area (Å²) in [5.41, 5.74) is 5.81. The molecular formula is C25H18N2O. The average molecular weight is 362 g/mol. The van der Waals surface area contributed by atoms with Gasteiger partial charge in [-0.3, -0.25) is 4.79 Å². The number of amides is 1. The lowest BCUT2D eigenvalue weighted by Gasteiger charge is -2.07. The Kier molecular flexibility index (Phi) is 3.91. The van der Waals surface area contributed by atoms with Crippen molar-refractivity contribution in [2.45, 2.75) is 0 Å². The number of benzene rings is 4. The predicted molar refractivity (Wildman–Crippen MR) is 116 cm³/mol. The molecule has 0 aliphatic carbocycles. The highest BCUT2D eigenvalue weighted by Gasteiger charge is 2.09. The van der Waals surface area contributed by atoms with Crippen molar-refractivity contribution >= 4 is 33.4 Å². The summed E-state index contributed by atoms with van der Waals surface area (Å²) >= 11 is 0. The van der Waals surface area contributed by atoms with Gasteiger partial charge in [0.1, 0.15) is 0 Å². The lowest BCUT2D eigenvalue weighted by Crippen LogP contribution is -2.11. The second kappa shape index (κ2) is 6.71. The fraction of sp³-hybridized carbons (Fsp3) is 0. The van der Waals surface area contributed by atoms with Gasteiger partial charge in [-0.15, -0.1) is 0 Å². The summed E-state index contributed by atoms with van der Waals surface area (Å²) in [5, 5.41) is 5.27. The molecule has 0 atom stereocenters. The Balaban J connectivity index is 1.41. The van der Waals surface area contributed by atoms with E-state index >= 15 is 0 Å². The molecule has 5 aromatic rings. The van der Waals surface area contributed by atoms with Gasteiger partial charge < -0.3 is 10.3 Å². The molecule has 3 nitrogen and oxygen atoms in total. The van der Waals surface area contributed by atoms with Crippen molar-refractivity contribution < 1.29 is 4.79 Å². The van der Waals surface area contributed by atoms with Crippen molar-refractivity contribution in [3.8, 4) is 11.1 Å². The lowest BCUT2D eigenvalue weighted by atomic mass is 10.0. The summed E-state index contributed by atoms with van der Waals surface area (Å²) in [4.78, 5) is 16.1. The highest BCUT2D eigenvalue weighted by Crippen LogP contribution is 2.28. The minimum atomic E-state index is -0.112. The normalized spacial score (nSPS) is 11.0. The Morgan fingerprint density at radius 2 is 1.32 bits per heavy atom. The molecule has 0 saturated carbocycles. The molecule has 0 spiro atoms. The van der Waals surface area contributed by atoms with E-state index in [1.165, 1.54) is 0 Å². The standard InChI is InChI=1S/C25H18N2O/c28-25(19-12-10-18(11-13-19)17-6-2-1-3-7-17)26-20-14-15-24-22(16-20)21-8-4-5-9-23(21)27-24/h1-16,27H,(H,26,28). The van der Waals surface area contributed by atoms with E-state index in [2.05, 4.69) is 34.6 Å². The maximum absolute atomic E-state index is 12.7. The monoisotopic (exact) mass is 362 g/mol. The van der Waals surface area contributed by atoms with Gasteiger partial charge in [0.15, 0.2) is 0 Å². The first-order valence-corrected chi connectivity index (χ1v) is 9.25. The van der Waals surface area contributed by atoms with E-state index in [0.29, 0.717) is 5.56 Å².